The summed E-state index contributed by atoms with van der Waals surface area (Å²) >= 11 is 0. The molecule has 0 aliphatic carbocycles. The van der Waals surface area contributed by atoms with Crippen molar-refractivity contribution in [3.63, 3.8) is 0 Å². The van der Waals surface area contributed by atoms with Gasteiger partial charge in [-0.1, -0.05) is 0 Å². The third-order valence-corrected chi connectivity index (χ3v) is 3.72. The second-order valence-electron chi connectivity index (χ2n) is 4.97. The first-order chi connectivity index (χ1) is 9.36. The van der Waals surface area contributed by atoms with Crippen molar-refractivity contribution in [2.45, 2.75) is 12.8 Å². The monoisotopic (exact) mass is 261 g/mol. The zero-order valence-electron chi connectivity index (χ0n) is 11.0. The maximum absolute atomic E-state index is 12.5. The zero-order chi connectivity index (χ0) is 13.1. The largest absolute Gasteiger partial charge is 0.378 e. The van der Waals surface area contributed by atoms with Gasteiger partial charge < -0.3 is 14.5 Å². The molecule has 3 rings (SSSR count). The Morgan fingerprint density at radius 1 is 1.16 bits per heavy atom. The van der Waals surface area contributed by atoms with E-state index in [2.05, 4.69) is 9.88 Å². The zero-order valence-corrected chi connectivity index (χ0v) is 11.0. The van der Waals surface area contributed by atoms with E-state index >= 15 is 0 Å². The van der Waals surface area contributed by atoms with E-state index in [0.29, 0.717) is 13.2 Å². The van der Waals surface area contributed by atoms with Crippen LogP contribution in [0.5, 0.6) is 0 Å². The minimum atomic E-state index is 0.118. The number of ether oxygens (including phenoxy) is 1. The lowest BCUT2D eigenvalue weighted by Crippen LogP contribution is -2.38. The third kappa shape index (κ3) is 2.56. The minimum Gasteiger partial charge on any atom is -0.378 e. The molecule has 1 amide bonds. The van der Waals surface area contributed by atoms with Crippen LogP contribution in [0.1, 0.15) is 23.2 Å². The van der Waals surface area contributed by atoms with Crippen molar-refractivity contribution >= 4 is 11.7 Å². The van der Waals surface area contributed by atoms with Gasteiger partial charge in [0.1, 0.15) is 5.82 Å². The number of carbonyl (C=O) groups is 1. The fourth-order valence-corrected chi connectivity index (χ4v) is 2.68. The highest BCUT2D eigenvalue weighted by Crippen LogP contribution is 2.22. The van der Waals surface area contributed by atoms with Gasteiger partial charge in [0, 0.05) is 32.4 Å². The van der Waals surface area contributed by atoms with Gasteiger partial charge in [0.15, 0.2) is 0 Å². The van der Waals surface area contributed by atoms with Gasteiger partial charge >= 0.3 is 0 Å². The van der Waals surface area contributed by atoms with Crippen molar-refractivity contribution in [3.05, 3.63) is 23.9 Å². The first-order valence-corrected chi connectivity index (χ1v) is 6.93. The number of hydrogen-bond acceptors (Lipinski definition) is 4. The van der Waals surface area contributed by atoms with Crippen LogP contribution in [0, 0.1) is 0 Å². The molecular weight excluding hydrogens is 242 g/mol. The molecule has 0 spiro atoms. The standard InChI is InChI=1S/C14H19N3O2/c18-14(17-6-1-2-7-17)12-4-3-5-15-13(12)16-8-10-19-11-9-16/h3-5H,1-2,6-11H2. The molecular formula is C14H19N3O2. The number of amides is 1. The van der Waals surface area contributed by atoms with Crippen molar-refractivity contribution in [1.82, 2.24) is 9.88 Å². The average Bonchev–Trinajstić information content (AvgIpc) is 3.02. The molecule has 0 bridgehead atoms. The van der Waals surface area contributed by atoms with Gasteiger partial charge in [-0.15, -0.1) is 0 Å². The predicted octanol–water partition coefficient (Wildman–Crippen LogP) is 1.15. The molecule has 1 aromatic rings. The summed E-state index contributed by atoms with van der Waals surface area (Å²) < 4.78 is 5.36. The number of hydrogen-bond donors (Lipinski definition) is 0. The highest BCUT2D eigenvalue weighted by atomic mass is 16.5. The molecule has 3 heterocycles. The molecule has 19 heavy (non-hydrogen) atoms. The summed E-state index contributed by atoms with van der Waals surface area (Å²) in [6.45, 7) is 4.75. The van der Waals surface area contributed by atoms with E-state index in [0.717, 1.165) is 50.4 Å². The molecule has 102 valence electrons. The second-order valence-corrected chi connectivity index (χ2v) is 4.97. The van der Waals surface area contributed by atoms with E-state index in [1.807, 2.05) is 17.0 Å². The Balaban J connectivity index is 1.85. The van der Waals surface area contributed by atoms with Crippen LogP contribution >= 0.6 is 0 Å². The van der Waals surface area contributed by atoms with Crippen molar-refractivity contribution in [2.24, 2.45) is 0 Å². The number of rotatable bonds is 2. The molecule has 1 aromatic heterocycles. The Morgan fingerprint density at radius 3 is 2.63 bits per heavy atom. The molecule has 2 aliphatic rings. The first-order valence-electron chi connectivity index (χ1n) is 6.93. The summed E-state index contributed by atoms with van der Waals surface area (Å²) in [6.07, 6.45) is 3.98. The number of morpholine rings is 1. The number of aromatic nitrogens is 1. The molecule has 0 aromatic carbocycles. The topological polar surface area (TPSA) is 45.7 Å². The van der Waals surface area contributed by atoms with Crippen LogP contribution in [0.4, 0.5) is 5.82 Å². The summed E-state index contributed by atoms with van der Waals surface area (Å²) in [5.41, 5.74) is 0.728. The van der Waals surface area contributed by atoms with Crippen molar-refractivity contribution in [2.75, 3.05) is 44.3 Å². The Kier molecular flexibility index (Phi) is 3.64. The number of pyridine rings is 1. The van der Waals surface area contributed by atoms with Gasteiger partial charge in [0.25, 0.3) is 5.91 Å². The second kappa shape index (κ2) is 5.57. The highest BCUT2D eigenvalue weighted by molar-refractivity contribution is 5.99. The van der Waals surface area contributed by atoms with E-state index in [1.165, 1.54) is 0 Å². The average molecular weight is 261 g/mol. The van der Waals surface area contributed by atoms with Gasteiger partial charge in [0.2, 0.25) is 0 Å². The Labute approximate surface area is 113 Å². The fourth-order valence-electron chi connectivity index (χ4n) is 2.68. The Hall–Kier alpha value is -1.62. The van der Waals surface area contributed by atoms with Crippen LogP contribution in [0.2, 0.25) is 0 Å². The minimum absolute atomic E-state index is 0.118. The molecule has 5 nitrogen and oxygen atoms in total. The maximum atomic E-state index is 12.5. The van der Waals surface area contributed by atoms with Gasteiger partial charge in [-0.05, 0) is 25.0 Å². The van der Waals surface area contributed by atoms with Crippen LogP contribution in [-0.4, -0.2) is 55.2 Å². The Morgan fingerprint density at radius 2 is 1.89 bits per heavy atom. The number of anilines is 1. The van der Waals surface area contributed by atoms with Crippen LogP contribution in [0.25, 0.3) is 0 Å². The predicted molar refractivity (Wildman–Crippen MR) is 72.4 cm³/mol. The van der Waals surface area contributed by atoms with Crippen LogP contribution in [0.15, 0.2) is 18.3 Å². The summed E-state index contributed by atoms with van der Waals surface area (Å²) in [7, 11) is 0. The van der Waals surface area contributed by atoms with Gasteiger partial charge in [0.05, 0.1) is 18.8 Å². The summed E-state index contributed by atoms with van der Waals surface area (Å²) in [6, 6.07) is 3.73. The van der Waals surface area contributed by atoms with E-state index in [4.69, 9.17) is 4.74 Å². The lowest BCUT2D eigenvalue weighted by Gasteiger charge is -2.29. The lowest BCUT2D eigenvalue weighted by atomic mass is 10.2. The molecule has 0 saturated carbocycles. The van der Waals surface area contributed by atoms with Crippen molar-refractivity contribution in [3.8, 4) is 0 Å². The van der Waals surface area contributed by atoms with E-state index in [1.54, 1.807) is 6.20 Å². The molecule has 0 atom stereocenters. The number of likely N-dealkylation sites (tertiary alicyclic amines) is 1. The van der Waals surface area contributed by atoms with E-state index in [9.17, 15) is 4.79 Å². The molecule has 0 unspecified atom stereocenters. The lowest BCUT2D eigenvalue weighted by molar-refractivity contribution is 0.0791. The van der Waals surface area contributed by atoms with Crippen LogP contribution in [0.3, 0.4) is 0 Å². The summed E-state index contributed by atoms with van der Waals surface area (Å²) in [5.74, 6) is 0.926. The van der Waals surface area contributed by atoms with Gasteiger partial charge in [-0.25, -0.2) is 4.98 Å². The quantitative estimate of drug-likeness (QED) is 0.801. The van der Waals surface area contributed by atoms with Gasteiger partial charge in [-0.3, -0.25) is 4.79 Å². The van der Waals surface area contributed by atoms with Crippen LogP contribution < -0.4 is 4.90 Å². The molecule has 0 radical (unpaired) electrons. The smallest absolute Gasteiger partial charge is 0.257 e. The normalized spacial score (nSPS) is 19.8. The van der Waals surface area contributed by atoms with Crippen LogP contribution in [-0.2, 0) is 4.74 Å². The molecule has 2 saturated heterocycles. The maximum Gasteiger partial charge on any atom is 0.257 e. The van der Waals surface area contributed by atoms with Crippen molar-refractivity contribution in [1.29, 1.82) is 0 Å². The Bertz CT molecular complexity index is 452. The third-order valence-electron chi connectivity index (χ3n) is 3.72. The molecule has 2 aliphatic heterocycles. The van der Waals surface area contributed by atoms with E-state index < -0.39 is 0 Å². The summed E-state index contributed by atoms with van der Waals surface area (Å²) in [4.78, 5) is 21.0. The van der Waals surface area contributed by atoms with Gasteiger partial charge in [-0.2, -0.15) is 0 Å². The summed E-state index contributed by atoms with van der Waals surface area (Å²) in [5, 5.41) is 0. The molecule has 0 N–H and O–H groups in total. The van der Waals surface area contributed by atoms with Crippen molar-refractivity contribution < 1.29 is 9.53 Å². The SMILES string of the molecule is O=C(c1cccnc1N1CCOCC1)N1CCCC1. The van der Waals surface area contributed by atoms with E-state index in [-0.39, 0.29) is 5.91 Å². The molecule has 2 fully saturated rings. The number of carbonyl (C=O) groups excluding carboxylic acids is 1. The molecule has 5 heteroatoms. The highest BCUT2D eigenvalue weighted by Gasteiger charge is 2.25. The number of nitrogens with zero attached hydrogens (tertiary/aromatic N) is 3. The first kappa shape index (κ1) is 12.4. The fraction of sp³-hybridized carbons (Fsp3) is 0.571.